The zero-order valence-corrected chi connectivity index (χ0v) is 9.30. The van der Waals surface area contributed by atoms with Crippen LogP contribution in [-0.2, 0) is 14.3 Å². The van der Waals surface area contributed by atoms with Gasteiger partial charge in [0.2, 0.25) is 0 Å². The van der Waals surface area contributed by atoms with Crippen LogP contribution in [0.4, 0.5) is 0 Å². The van der Waals surface area contributed by atoms with E-state index in [4.69, 9.17) is 4.74 Å². The Morgan fingerprint density at radius 1 is 1.25 bits per heavy atom. The number of carbonyl (C=O) groups is 1. The minimum Gasteiger partial charge on any atom is -0.504 e. The molecule has 0 N–H and O–H groups in total. The van der Waals surface area contributed by atoms with Gasteiger partial charge in [-0.2, -0.15) is 0 Å². The van der Waals surface area contributed by atoms with E-state index >= 15 is 0 Å². The van der Waals surface area contributed by atoms with E-state index in [9.17, 15) is 4.79 Å². The molecule has 0 bridgehead atoms. The first-order chi connectivity index (χ1) is 5.43. The molecule has 0 spiro atoms. The van der Waals surface area contributed by atoms with Crippen molar-refractivity contribution in [2.45, 2.75) is 19.6 Å². The number of esters is 1. The van der Waals surface area contributed by atoms with Gasteiger partial charge in [0.15, 0.2) is 0 Å². The Hall–Kier alpha value is -0.773. The molecule has 0 radical (unpaired) electrons. The highest BCUT2D eigenvalue weighted by molar-refractivity contribution is 6.86. The molecule has 70 valence electrons. The largest absolute Gasteiger partial charge is 0.504 e. The van der Waals surface area contributed by atoms with E-state index in [2.05, 4.69) is 24.4 Å². The molecule has 0 atom stereocenters. The third-order valence-electron chi connectivity index (χ3n) is 1.45. The van der Waals surface area contributed by atoms with Crippen LogP contribution >= 0.6 is 0 Å². The van der Waals surface area contributed by atoms with Crippen LogP contribution in [0.15, 0.2) is 11.5 Å². The molecule has 3 nitrogen and oxygen atoms in total. The van der Waals surface area contributed by atoms with Gasteiger partial charge >= 0.3 is 5.97 Å². The van der Waals surface area contributed by atoms with Crippen LogP contribution in [0.25, 0.3) is 0 Å². The van der Waals surface area contributed by atoms with Gasteiger partial charge in [-0.05, 0) is 0 Å². The quantitative estimate of drug-likeness (QED) is 0.292. The molecule has 0 fully saturated rings. The van der Waals surface area contributed by atoms with Crippen molar-refractivity contribution in [1.29, 1.82) is 0 Å². The maximum atomic E-state index is 11.2. The van der Waals surface area contributed by atoms with Gasteiger partial charge in [0.1, 0.15) is 0 Å². The molecule has 0 aromatic heterocycles. The van der Waals surface area contributed by atoms with Gasteiger partial charge in [-0.15, -0.1) is 0 Å². The summed E-state index contributed by atoms with van der Waals surface area (Å²) in [5.74, 6) is -0.281. The molecule has 0 heterocycles. The van der Waals surface area contributed by atoms with Crippen molar-refractivity contribution >= 4 is 14.0 Å². The highest BCUT2D eigenvalue weighted by Crippen LogP contribution is 2.15. The Bertz CT molecular complexity index is 191. The molecule has 0 aliphatic rings. The Kier molecular flexibility index (Phi) is 4.02. The summed E-state index contributed by atoms with van der Waals surface area (Å²) in [6.07, 6.45) is 1.48. The summed E-state index contributed by atoms with van der Waals surface area (Å²) >= 11 is 0. The highest BCUT2D eigenvalue weighted by Gasteiger charge is 2.26. The van der Waals surface area contributed by atoms with Gasteiger partial charge in [-0.3, -0.25) is 0 Å². The van der Waals surface area contributed by atoms with E-state index in [1.165, 1.54) is 20.5 Å². The van der Waals surface area contributed by atoms with Crippen molar-refractivity contribution in [2.75, 3.05) is 14.2 Å². The summed E-state index contributed by atoms with van der Waals surface area (Å²) in [6, 6.07) is 0. The molecule has 0 aromatic carbocycles. The third-order valence-corrected chi connectivity index (χ3v) is 3.39. The summed E-state index contributed by atoms with van der Waals surface area (Å²) in [5, 5.41) is 0.674. The molecule has 0 rings (SSSR count). The lowest BCUT2D eigenvalue weighted by atomic mass is 10.6. The van der Waals surface area contributed by atoms with Crippen molar-refractivity contribution in [3.05, 3.63) is 11.5 Å². The SMILES string of the molecule is CO/C=C(/C(=O)OC)[Si](C)(C)C. The zero-order chi connectivity index (χ0) is 9.78. The second kappa shape index (κ2) is 4.30. The van der Waals surface area contributed by atoms with Crippen molar-refractivity contribution in [2.24, 2.45) is 0 Å². The van der Waals surface area contributed by atoms with Crippen molar-refractivity contribution in [3.63, 3.8) is 0 Å². The molecular weight excluding hydrogens is 172 g/mol. The highest BCUT2D eigenvalue weighted by atomic mass is 28.3. The summed E-state index contributed by atoms with van der Waals surface area (Å²) < 4.78 is 9.46. The summed E-state index contributed by atoms with van der Waals surface area (Å²) in [4.78, 5) is 11.2. The topological polar surface area (TPSA) is 35.5 Å². The molecule has 0 aromatic rings. The second-order valence-corrected chi connectivity index (χ2v) is 8.55. The van der Waals surface area contributed by atoms with Crippen molar-refractivity contribution in [3.8, 4) is 0 Å². The summed E-state index contributed by atoms with van der Waals surface area (Å²) in [7, 11) is 1.28. The molecule has 12 heavy (non-hydrogen) atoms. The second-order valence-electron chi connectivity index (χ2n) is 3.51. The number of rotatable bonds is 3. The minimum absolute atomic E-state index is 0.281. The smallest absolute Gasteiger partial charge is 0.332 e. The lowest BCUT2D eigenvalue weighted by Gasteiger charge is -2.17. The van der Waals surface area contributed by atoms with Crippen LogP contribution in [0.2, 0.25) is 19.6 Å². The van der Waals surface area contributed by atoms with Crippen LogP contribution in [0.5, 0.6) is 0 Å². The molecule has 0 saturated carbocycles. The number of hydrogen-bond donors (Lipinski definition) is 0. The van der Waals surface area contributed by atoms with Crippen LogP contribution in [0, 0.1) is 0 Å². The maximum Gasteiger partial charge on any atom is 0.332 e. The lowest BCUT2D eigenvalue weighted by molar-refractivity contribution is -0.135. The van der Waals surface area contributed by atoms with Crippen LogP contribution in [-0.4, -0.2) is 28.3 Å². The molecule has 0 aliphatic heterocycles. The number of methoxy groups -OCH3 is 2. The van der Waals surface area contributed by atoms with Gasteiger partial charge in [-0.1, -0.05) is 19.6 Å². The molecular formula is C8H16O3Si. The van der Waals surface area contributed by atoms with E-state index < -0.39 is 8.07 Å². The van der Waals surface area contributed by atoms with E-state index in [0.29, 0.717) is 5.20 Å². The standard InChI is InChI=1S/C8H16O3Si/c1-10-6-7(8(9)11-2)12(3,4)5/h6H,1-5H3/b7-6-. The predicted octanol–water partition coefficient (Wildman–Crippen LogP) is 1.57. The number of hydrogen-bond acceptors (Lipinski definition) is 3. The first-order valence-corrected chi connectivity index (χ1v) is 7.25. The van der Waals surface area contributed by atoms with Crippen molar-refractivity contribution in [1.82, 2.24) is 0 Å². The Morgan fingerprint density at radius 2 is 1.75 bits per heavy atom. The molecule has 0 unspecified atom stereocenters. The Balaban J connectivity index is 4.69. The summed E-state index contributed by atoms with van der Waals surface area (Å²) in [5.41, 5.74) is 0. The molecule has 0 aliphatic carbocycles. The average molecular weight is 188 g/mol. The normalized spacial score (nSPS) is 12.6. The van der Waals surface area contributed by atoms with Crippen LogP contribution in [0.3, 0.4) is 0 Å². The fourth-order valence-electron chi connectivity index (χ4n) is 0.759. The fraction of sp³-hybridized carbons (Fsp3) is 0.625. The monoisotopic (exact) mass is 188 g/mol. The van der Waals surface area contributed by atoms with Gasteiger partial charge in [0, 0.05) is 0 Å². The predicted molar refractivity (Wildman–Crippen MR) is 50.5 cm³/mol. The Labute approximate surface area is 74.4 Å². The first-order valence-electron chi connectivity index (χ1n) is 3.75. The van der Waals surface area contributed by atoms with Gasteiger partial charge < -0.3 is 9.47 Å². The van der Waals surface area contributed by atoms with Gasteiger partial charge in [0.25, 0.3) is 0 Å². The number of carbonyl (C=O) groups excluding carboxylic acids is 1. The zero-order valence-electron chi connectivity index (χ0n) is 8.30. The Morgan fingerprint density at radius 3 is 2.00 bits per heavy atom. The lowest BCUT2D eigenvalue weighted by Crippen LogP contribution is -2.30. The van der Waals surface area contributed by atoms with Crippen LogP contribution < -0.4 is 0 Å². The van der Waals surface area contributed by atoms with Crippen molar-refractivity contribution < 1.29 is 14.3 Å². The maximum absolute atomic E-state index is 11.2. The van der Waals surface area contributed by atoms with Gasteiger partial charge in [0.05, 0.1) is 33.8 Å². The van der Waals surface area contributed by atoms with E-state index in [1.807, 2.05) is 0 Å². The van der Waals surface area contributed by atoms with Gasteiger partial charge in [-0.25, -0.2) is 4.79 Å². The molecule has 0 amide bonds. The minimum atomic E-state index is -1.63. The average Bonchev–Trinajstić information content (AvgIpc) is 1.96. The van der Waals surface area contributed by atoms with E-state index in [1.54, 1.807) is 0 Å². The number of ether oxygens (including phenoxy) is 2. The summed E-state index contributed by atoms with van der Waals surface area (Å²) in [6.45, 7) is 6.19. The third kappa shape index (κ3) is 3.09. The first kappa shape index (κ1) is 11.2. The van der Waals surface area contributed by atoms with E-state index in [-0.39, 0.29) is 5.97 Å². The molecule has 0 saturated heterocycles. The van der Waals surface area contributed by atoms with Crippen LogP contribution in [0.1, 0.15) is 0 Å². The fourth-order valence-corrected chi connectivity index (χ4v) is 1.94. The van der Waals surface area contributed by atoms with E-state index in [0.717, 1.165) is 0 Å². The molecule has 4 heteroatoms.